The molecule has 1 amide bonds. The minimum Gasteiger partial charge on any atom is -0.349 e. The molecule has 0 unspecified atom stereocenters. The van der Waals surface area contributed by atoms with Crippen molar-refractivity contribution in [1.29, 1.82) is 0 Å². The van der Waals surface area contributed by atoms with Crippen molar-refractivity contribution in [3.05, 3.63) is 112 Å². The summed E-state index contributed by atoms with van der Waals surface area (Å²) in [5, 5.41) is 6.45. The van der Waals surface area contributed by atoms with Crippen molar-refractivity contribution in [2.24, 2.45) is 0 Å². The topological polar surface area (TPSA) is 42.0 Å². The number of aromatic nitrogens is 1. The fraction of sp³-hybridized carbons (Fsp3) is 0.154. The highest BCUT2D eigenvalue weighted by Crippen LogP contribution is 2.27. The summed E-state index contributed by atoms with van der Waals surface area (Å²) in [7, 11) is 0. The number of benzene rings is 3. The summed E-state index contributed by atoms with van der Waals surface area (Å²) in [5.74, 6) is -0.0293. The quantitative estimate of drug-likeness (QED) is 0.357. The molecule has 0 aliphatic heterocycles. The Morgan fingerprint density at radius 1 is 0.935 bits per heavy atom. The van der Waals surface area contributed by atoms with Gasteiger partial charge in [-0.15, -0.1) is 0 Å². The zero-order valence-corrected chi connectivity index (χ0v) is 18.6. The summed E-state index contributed by atoms with van der Waals surface area (Å²) in [6.45, 7) is 2.04. The number of rotatable bonds is 6. The molecule has 0 saturated carbocycles. The SMILES string of the molecule is C[C@@H](NC(=O)c1cccc2cnccc12)[C@H](Cc1ccc(Cl)cc1)c1ccc(Cl)cc1. The Morgan fingerprint density at radius 2 is 1.61 bits per heavy atom. The van der Waals surface area contributed by atoms with E-state index >= 15 is 0 Å². The molecule has 4 rings (SSSR count). The van der Waals surface area contributed by atoms with Crippen LogP contribution in [0.2, 0.25) is 10.0 Å². The molecule has 0 bridgehead atoms. The lowest BCUT2D eigenvalue weighted by atomic mass is 9.86. The Balaban J connectivity index is 1.61. The van der Waals surface area contributed by atoms with Crippen LogP contribution in [0.25, 0.3) is 10.8 Å². The first-order valence-electron chi connectivity index (χ1n) is 10.1. The minimum absolute atomic E-state index is 0.0686. The Hall–Kier alpha value is -2.88. The fourth-order valence-corrected chi connectivity index (χ4v) is 4.13. The van der Waals surface area contributed by atoms with Gasteiger partial charge in [-0.3, -0.25) is 9.78 Å². The van der Waals surface area contributed by atoms with Crippen LogP contribution < -0.4 is 5.32 Å². The Kier molecular flexibility index (Phi) is 6.55. The third-order valence-corrected chi connectivity index (χ3v) is 6.06. The molecule has 0 aliphatic carbocycles. The van der Waals surface area contributed by atoms with Crippen molar-refractivity contribution >= 4 is 39.9 Å². The molecule has 0 spiro atoms. The van der Waals surface area contributed by atoms with Crippen LogP contribution in [-0.4, -0.2) is 16.9 Å². The maximum absolute atomic E-state index is 13.2. The molecule has 0 fully saturated rings. The Bertz CT molecular complexity index is 1180. The van der Waals surface area contributed by atoms with Crippen molar-refractivity contribution in [3.8, 4) is 0 Å². The normalized spacial score (nSPS) is 13.0. The lowest BCUT2D eigenvalue weighted by molar-refractivity contribution is 0.0936. The predicted octanol–water partition coefficient (Wildman–Crippen LogP) is 6.69. The van der Waals surface area contributed by atoms with Gasteiger partial charge >= 0.3 is 0 Å². The molecular formula is C26H22Cl2N2O. The van der Waals surface area contributed by atoms with Crippen LogP contribution in [-0.2, 0) is 6.42 Å². The van der Waals surface area contributed by atoms with Crippen LogP contribution in [0, 0.1) is 0 Å². The minimum atomic E-state index is -0.110. The molecule has 2 atom stereocenters. The number of hydrogen-bond acceptors (Lipinski definition) is 2. The lowest BCUT2D eigenvalue weighted by Gasteiger charge is -2.26. The summed E-state index contributed by atoms with van der Waals surface area (Å²) in [6.07, 6.45) is 4.24. The molecule has 0 saturated heterocycles. The number of amides is 1. The number of pyridine rings is 1. The number of hydrogen-bond donors (Lipinski definition) is 1. The smallest absolute Gasteiger partial charge is 0.252 e. The van der Waals surface area contributed by atoms with E-state index in [9.17, 15) is 4.79 Å². The van der Waals surface area contributed by atoms with Crippen molar-refractivity contribution in [2.45, 2.75) is 25.3 Å². The second kappa shape index (κ2) is 9.51. The average molecular weight is 449 g/mol. The van der Waals surface area contributed by atoms with Crippen LogP contribution in [0.15, 0.2) is 85.2 Å². The Labute approximate surface area is 192 Å². The molecule has 5 heteroatoms. The van der Waals surface area contributed by atoms with Gasteiger partial charge in [-0.2, -0.15) is 0 Å². The fourth-order valence-electron chi connectivity index (χ4n) is 3.87. The largest absolute Gasteiger partial charge is 0.349 e. The van der Waals surface area contributed by atoms with Crippen molar-refractivity contribution in [2.75, 3.05) is 0 Å². The van der Waals surface area contributed by atoms with Crippen LogP contribution in [0.4, 0.5) is 0 Å². The summed E-state index contributed by atoms with van der Waals surface area (Å²) in [4.78, 5) is 17.3. The molecule has 0 aliphatic rings. The summed E-state index contributed by atoms with van der Waals surface area (Å²) < 4.78 is 0. The number of fused-ring (bicyclic) bond motifs is 1. The van der Waals surface area contributed by atoms with E-state index in [-0.39, 0.29) is 17.9 Å². The second-order valence-electron chi connectivity index (χ2n) is 7.65. The van der Waals surface area contributed by atoms with Crippen LogP contribution in [0.1, 0.15) is 34.3 Å². The van der Waals surface area contributed by atoms with Crippen LogP contribution in [0.5, 0.6) is 0 Å². The third kappa shape index (κ3) is 5.07. The van der Waals surface area contributed by atoms with Gasteiger partial charge in [0.15, 0.2) is 0 Å². The molecular weight excluding hydrogens is 427 g/mol. The molecule has 31 heavy (non-hydrogen) atoms. The van der Waals surface area contributed by atoms with Crippen LogP contribution in [0.3, 0.4) is 0 Å². The molecule has 3 nitrogen and oxygen atoms in total. The summed E-state index contributed by atoms with van der Waals surface area (Å²) in [6, 6.07) is 23.1. The monoisotopic (exact) mass is 448 g/mol. The second-order valence-corrected chi connectivity index (χ2v) is 8.53. The maximum Gasteiger partial charge on any atom is 0.252 e. The van der Waals surface area contributed by atoms with Gasteiger partial charge in [0.1, 0.15) is 0 Å². The maximum atomic E-state index is 13.2. The number of carbonyl (C=O) groups excluding carboxylic acids is 1. The molecule has 1 aromatic heterocycles. The van der Waals surface area contributed by atoms with E-state index in [4.69, 9.17) is 23.2 Å². The highest BCUT2D eigenvalue weighted by Gasteiger charge is 2.23. The standard InChI is InChI=1S/C26H22Cl2N2O/c1-17(30-26(31)24-4-2-3-20-16-29-14-13-23(20)24)25(19-7-11-22(28)12-8-19)15-18-5-9-21(27)10-6-18/h2-14,16-17,25H,15H2,1H3,(H,30,31)/t17-,25+/m1/s1. The van der Waals surface area contributed by atoms with Gasteiger partial charge in [-0.1, -0.05) is 59.6 Å². The van der Waals surface area contributed by atoms with E-state index in [1.165, 1.54) is 0 Å². The van der Waals surface area contributed by atoms with E-state index in [1.54, 1.807) is 12.4 Å². The van der Waals surface area contributed by atoms with E-state index in [0.29, 0.717) is 15.6 Å². The first kappa shape index (κ1) is 21.4. The number of nitrogens with zero attached hydrogens (tertiary/aromatic N) is 1. The molecule has 4 aromatic rings. The molecule has 3 aromatic carbocycles. The van der Waals surface area contributed by atoms with Crippen molar-refractivity contribution < 1.29 is 4.79 Å². The molecule has 1 heterocycles. The molecule has 0 radical (unpaired) electrons. The van der Waals surface area contributed by atoms with Gasteiger partial charge in [0.05, 0.1) is 0 Å². The van der Waals surface area contributed by atoms with Gasteiger partial charge in [0.2, 0.25) is 0 Å². The first-order chi connectivity index (χ1) is 15.0. The van der Waals surface area contributed by atoms with E-state index in [2.05, 4.69) is 10.3 Å². The van der Waals surface area contributed by atoms with E-state index < -0.39 is 0 Å². The first-order valence-corrected chi connectivity index (χ1v) is 10.9. The van der Waals surface area contributed by atoms with Gasteiger partial charge in [-0.05, 0) is 66.3 Å². The summed E-state index contributed by atoms with van der Waals surface area (Å²) in [5.41, 5.74) is 2.92. The van der Waals surface area contributed by atoms with Gasteiger partial charge in [0.25, 0.3) is 5.91 Å². The highest BCUT2D eigenvalue weighted by molar-refractivity contribution is 6.30. The van der Waals surface area contributed by atoms with Crippen LogP contribution >= 0.6 is 23.2 Å². The zero-order valence-electron chi connectivity index (χ0n) is 17.1. The summed E-state index contributed by atoms with van der Waals surface area (Å²) >= 11 is 12.2. The third-order valence-electron chi connectivity index (χ3n) is 5.55. The van der Waals surface area contributed by atoms with Crippen molar-refractivity contribution in [3.63, 3.8) is 0 Å². The van der Waals surface area contributed by atoms with Gasteiger partial charge in [-0.25, -0.2) is 0 Å². The molecule has 156 valence electrons. The van der Waals surface area contributed by atoms with Gasteiger partial charge in [0, 0.05) is 45.3 Å². The van der Waals surface area contributed by atoms with E-state index in [1.807, 2.05) is 79.7 Å². The van der Waals surface area contributed by atoms with Gasteiger partial charge < -0.3 is 5.32 Å². The van der Waals surface area contributed by atoms with Crippen molar-refractivity contribution in [1.82, 2.24) is 10.3 Å². The van der Waals surface area contributed by atoms with E-state index in [0.717, 1.165) is 28.3 Å². The number of halogens is 2. The molecule has 1 N–H and O–H groups in total. The number of carbonyl (C=O) groups is 1. The number of nitrogens with one attached hydrogen (secondary N) is 1. The average Bonchev–Trinajstić information content (AvgIpc) is 2.79. The zero-order chi connectivity index (χ0) is 21.8. The predicted molar refractivity (Wildman–Crippen MR) is 128 cm³/mol. The lowest BCUT2D eigenvalue weighted by Crippen LogP contribution is -2.38. The highest BCUT2D eigenvalue weighted by atomic mass is 35.5. The Morgan fingerprint density at radius 3 is 2.32 bits per heavy atom.